The second-order valence-corrected chi connectivity index (χ2v) is 4.72. The first-order chi connectivity index (χ1) is 8.51. The van der Waals surface area contributed by atoms with Crippen molar-refractivity contribution in [2.24, 2.45) is 11.7 Å². The second-order valence-electron chi connectivity index (χ2n) is 4.36. The summed E-state index contributed by atoms with van der Waals surface area (Å²) in [5.74, 6) is -0.812. The molecule has 0 bridgehead atoms. The van der Waals surface area contributed by atoms with Crippen LogP contribution in [0.1, 0.15) is 25.3 Å². The zero-order chi connectivity index (χ0) is 13.3. The van der Waals surface area contributed by atoms with Crippen LogP contribution in [0.3, 0.4) is 0 Å². The molecule has 5 nitrogen and oxygen atoms in total. The molecule has 1 heterocycles. The molecule has 18 heavy (non-hydrogen) atoms. The Balaban J connectivity index is 2.47. The summed E-state index contributed by atoms with van der Waals surface area (Å²) in [6, 6.07) is 1.51. The standard InChI is InChI=1S/C12H15ClN2O3/c1-2-18-11(17)12(14,7-3-4-7)8-5-6-15-10(13)9(8)16/h5-7,16H,2-4,14H2,1H3/t12-/m0/s1. The minimum Gasteiger partial charge on any atom is -0.504 e. The van der Waals surface area contributed by atoms with Crippen LogP contribution < -0.4 is 5.73 Å². The maximum absolute atomic E-state index is 12.1. The normalized spacial score (nSPS) is 18.2. The average Bonchev–Trinajstić information content (AvgIpc) is 3.16. The monoisotopic (exact) mass is 270 g/mol. The van der Waals surface area contributed by atoms with E-state index >= 15 is 0 Å². The maximum Gasteiger partial charge on any atom is 0.331 e. The summed E-state index contributed by atoms with van der Waals surface area (Å²) in [7, 11) is 0. The Morgan fingerprint density at radius 3 is 2.94 bits per heavy atom. The van der Waals surface area contributed by atoms with Gasteiger partial charge in [-0.05, 0) is 31.7 Å². The molecule has 6 heteroatoms. The summed E-state index contributed by atoms with van der Waals surface area (Å²) in [4.78, 5) is 15.8. The fraction of sp³-hybridized carbons (Fsp3) is 0.500. The van der Waals surface area contributed by atoms with E-state index < -0.39 is 11.5 Å². The van der Waals surface area contributed by atoms with Crippen LogP contribution in [0.25, 0.3) is 0 Å². The highest BCUT2D eigenvalue weighted by Gasteiger charge is 2.52. The Bertz CT molecular complexity index is 476. The van der Waals surface area contributed by atoms with E-state index in [1.54, 1.807) is 6.92 Å². The summed E-state index contributed by atoms with van der Waals surface area (Å²) in [5, 5.41) is 9.88. The lowest BCUT2D eigenvalue weighted by Gasteiger charge is -2.28. The molecule has 3 N–H and O–H groups in total. The van der Waals surface area contributed by atoms with Gasteiger partial charge < -0.3 is 15.6 Å². The number of nitrogens with two attached hydrogens (primary N) is 1. The molecule has 98 valence electrons. The van der Waals surface area contributed by atoms with Crippen LogP contribution in [0, 0.1) is 5.92 Å². The van der Waals surface area contributed by atoms with Gasteiger partial charge in [-0.1, -0.05) is 11.6 Å². The van der Waals surface area contributed by atoms with Crippen LogP contribution in [0.5, 0.6) is 5.75 Å². The molecule has 1 aliphatic rings. The van der Waals surface area contributed by atoms with E-state index in [0.717, 1.165) is 12.8 Å². The number of aromatic hydroxyl groups is 1. The summed E-state index contributed by atoms with van der Waals surface area (Å²) in [5.41, 5.74) is 5.14. The highest BCUT2D eigenvalue weighted by molar-refractivity contribution is 6.30. The van der Waals surface area contributed by atoms with E-state index in [9.17, 15) is 9.90 Å². The third-order valence-corrected chi connectivity index (χ3v) is 3.44. The van der Waals surface area contributed by atoms with Crippen LogP contribution in [0.15, 0.2) is 12.3 Å². The Kier molecular flexibility index (Phi) is 3.45. The molecule has 1 atom stereocenters. The highest BCUT2D eigenvalue weighted by Crippen LogP contribution is 2.47. The molecule has 1 saturated carbocycles. The average molecular weight is 271 g/mol. The number of esters is 1. The topological polar surface area (TPSA) is 85.4 Å². The van der Waals surface area contributed by atoms with E-state index in [1.807, 2.05) is 0 Å². The Morgan fingerprint density at radius 1 is 1.72 bits per heavy atom. The first-order valence-electron chi connectivity index (χ1n) is 5.81. The highest BCUT2D eigenvalue weighted by atomic mass is 35.5. The van der Waals surface area contributed by atoms with Gasteiger partial charge in [0.2, 0.25) is 0 Å². The number of ether oxygens (including phenoxy) is 1. The van der Waals surface area contributed by atoms with E-state index in [1.165, 1.54) is 12.3 Å². The van der Waals surface area contributed by atoms with E-state index in [2.05, 4.69) is 4.98 Å². The SMILES string of the molecule is CCOC(=O)[C@@](N)(c1ccnc(Cl)c1O)C1CC1. The molecule has 0 amide bonds. The number of pyridine rings is 1. The molecular formula is C12H15ClN2O3. The minimum atomic E-state index is -1.34. The van der Waals surface area contributed by atoms with Gasteiger partial charge in [-0.2, -0.15) is 0 Å². The van der Waals surface area contributed by atoms with Gasteiger partial charge in [-0.25, -0.2) is 9.78 Å². The molecule has 0 aliphatic heterocycles. The van der Waals surface area contributed by atoms with Crippen LogP contribution in [-0.4, -0.2) is 22.7 Å². The molecule has 1 aromatic heterocycles. The van der Waals surface area contributed by atoms with Crippen LogP contribution >= 0.6 is 11.6 Å². The van der Waals surface area contributed by atoms with Crippen LogP contribution in [0.4, 0.5) is 0 Å². The summed E-state index contributed by atoms with van der Waals surface area (Å²) in [6.07, 6.45) is 3.07. The fourth-order valence-electron chi connectivity index (χ4n) is 2.05. The zero-order valence-corrected chi connectivity index (χ0v) is 10.8. The van der Waals surface area contributed by atoms with Crippen molar-refractivity contribution in [3.63, 3.8) is 0 Å². The number of rotatable bonds is 4. The van der Waals surface area contributed by atoms with Gasteiger partial charge in [0.05, 0.1) is 6.61 Å². The van der Waals surface area contributed by atoms with Gasteiger partial charge >= 0.3 is 5.97 Å². The van der Waals surface area contributed by atoms with Crippen LogP contribution in [-0.2, 0) is 15.1 Å². The fourth-order valence-corrected chi connectivity index (χ4v) is 2.21. The van der Waals surface area contributed by atoms with Crippen molar-refractivity contribution in [2.75, 3.05) is 6.61 Å². The number of hydrogen-bond donors (Lipinski definition) is 2. The molecule has 0 unspecified atom stereocenters. The van der Waals surface area contributed by atoms with E-state index in [4.69, 9.17) is 22.1 Å². The summed E-state index contributed by atoms with van der Waals surface area (Å²) >= 11 is 5.76. The maximum atomic E-state index is 12.1. The molecule has 1 fully saturated rings. The molecule has 0 saturated heterocycles. The van der Waals surface area contributed by atoms with Crippen LogP contribution in [0.2, 0.25) is 5.15 Å². The van der Waals surface area contributed by atoms with Gasteiger partial charge in [-0.15, -0.1) is 0 Å². The van der Waals surface area contributed by atoms with Gasteiger partial charge in [-0.3, -0.25) is 0 Å². The lowest BCUT2D eigenvalue weighted by molar-refractivity contribution is -0.151. The van der Waals surface area contributed by atoms with Gasteiger partial charge in [0.15, 0.2) is 10.9 Å². The molecule has 0 spiro atoms. The quantitative estimate of drug-likeness (QED) is 0.641. The number of hydrogen-bond acceptors (Lipinski definition) is 5. The smallest absolute Gasteiger partial charge is 0.331 e. The third kappa shape index (κ3) is 2.04. The van der Waals surface area contributed by atoms with Crippen molar-refractivity contribution in [3.05, 3.63) is 23.0 Å². The third-order valence-electron chi connectivity index (χ3n) is 3.16. The summed E-state index contributed by atoms with van der Waals surface area (Å²) in [6.45, 7) is 1.95. The largest absolute Gasteiger partial charge is 0.504 e. The lowest BCUT2D eigenvalue weighted by atomic mass is 9.86. The van der Waals surface area contributed by atoms with E-state index in [0.29, 0.717) is 0 Å². The van der Waals surface area contributed by atoms with Crippen molar-refractivity contribution in [1.82, 2.24) is 4.98 Å². The van der Waals surface area contributed by atoms with Crippen molar-refractivity contribution < 1.29 is 14.6 Å². The number of nitrogens with zero attached hydrogens (tertiary/aromatic N) is 1. The minimum absolute atomic E-state index is 0.0269. The van der Waals surface area contributed by atoms with Crippen molar-refractivity contribution in [3.8, 4) is 5.75 Å². The van der Waals surface area contributed by atoms with E-state index in [-0.39, 0.29) is 29.0 Å². The Morgan fingerprint density at radius 2 is 2.39 bits per heavy atom. The van der Waals surface area contributed by atoms with Gasteiger partial charge in [0.25, 0.3) is 0 Å². The Labute approximate surface area is 110 Å². The first kappa shape index (κ1) is 13.1. The lowest BCUT2D eigenvalue weighted by Crippen LogP contribution is -2.48. The molecular weight excluding hydrogens is 256 g/mol. The molecule has 1 aromatic rings. The van der Waals surface area contributed by atoms with Gasteiger partial charge in [0.1, 0.15) is 5.54 Å². The molecule has 0 radical (unpaired) electrons. The first-order valence-corrected chi connectivity index (χ1v) is 6.19. The predicted octanol–water partition coefficient (Wildman–Crippen LogP) is 1.57. The van der Waals surface area contributed by atoms with Crippen molar-refractivity contribution in [2.45, 2.75) is 25.3 Å². The van der Waals surface area contributed by atoms with Gasteiger partial charge in [0, 0.05) is 11.8 Å². The summed E-state index contributed by atoms with van der Waals surface area (Å²) < 4.78 is 5.02. The number of aromatic nitrogens is 1. The molecule has 2 rings (SSSR count). The number of halogens is 1. The second kappa shape index (κ2) is 4.74. The number of carbonyl (C=O) groups excluding carboxylic acids is 1. The van der Waals surface area contributed by atoms with Crippen molar-refractivity contribution in [1.29, 1.82) is 0 Å². The predicted molar refractivity (Wildman–Crippen MR) is 66.1 cm³/mol. The van der Waals surface area contributed by atoms with Crippen molar-refractivity contribution >= 4 is 17.6 Å². The Hall–Kier alpha value is -1.33. The number of carbonyl (C=O) groups is 1. The molecule has 1 aliphatic carbocycles. The molecule has 0 aromatic carbocycles. The zero-order valence-electron chi connectivity index (χ0n) is 10.0.